The molecule has 1 unspecified atom stereocenters. The van der Waals surface area contributed by atoms with E-state index in [9.17, 15) is 0 Å². The Morgan fingerprint density at radius 1 is 1.05 bits per heavy atom. The van der Waals surface area contributed by atoms with Gasteiger partial charge in [0.1, 0.15) is 0 Å². The van der Waals surface area contributed by atoms with Crippen molar-refractivity contribution < 1.29 is 0 Å². The van der Waals surface area contributed by atoms with Gasteiger partial charge in [-0.1, -0.05) is 67.9 Å². The zero-order chi connectivity index (χ0) is 15.3. The number of hydrogen-bond acceptors (Lipinski definition) is 1. The summed E-state index contributed by atoms with van der Waals surface area (Å²) in [5, 5.41) is 4.39. The van der Waals surface area contributed by atoms with Crippen LogP contribution in [-0.2, 0) is 12.0 Å². The summed E-state index contributed by atoms with van der Waals surface area (Å²) in [4.78, 5) is 0. The molecule has 0 amide bonds. The molecule has 0 aromatic heterocycles. The molecule has 2 rings (SSSR count). The van der Waals surface area contributed by atoms with E-state index in [0.717, 1.165) is 18.0 Å². The molecule has 0 radical (unpaired) electrons. The van der Waals surface area contributed by atoms with Gasteiger partial charge in [0, 0.05) is 17.6 Å². The smallest absolute Gasteiger partial charge is 0.0409 e. The highest BCUT2D eigenvalue weighted by atomic mass is 35.5. The van der Waals surface area contributed by atoms with E-state index in [-0.39, 0.29) is 5.41 Å². The quantitative estimate of drug-likeness (QED) is 0.774. The summed E-state index contributed by atoms with van der Waals surface area (Å²) in [5.74, 6) is 0. The van der Waals surface area contributed by atoms with Crippen molar-refractivity contribution in [3.63, 3.8) is 0 Å². The maximum Gasteiger partial charge on any atom is 0.0409 e. The van der Waals surface area contributed by atoms with Crippen LogP contribution in [0.5, 0.6) is 0 Å². The third-order valence-corrected chi connectivity index (χ3v) is 4.15. The van der Waals surface area contributed by atoms with E-state index in [1.54, 1.807) is 0 Å². The monoisotopic (exact) mass is 301 g/mol. The van der Waals surface area contributed by atoms with E-state index >= 15 is 0 Å². The summed E-state index contributed by atoms with van der Waals surface area (Å²) < 4.78 is 0. The normalized spacial score (nSPS) is 13.1. The van der Waals surface area contributed by atoms with Crippen LogP contribution in [-0.4, -0.2) is 6.04 Å². The highest BCUT2D eigenvalue weighted by Crippen LogP contribution is 2.28. The molecule has 0 fully saturated rings. The molecule has 0 spiro atoms. The highest BCUT2D eigenvalue weighted by Gasteiger charge is 2.22. The van der Waals surface area contributed by atoms with Crippen molar-refractivity contribution in [2.24, 2.45) is 0 Å². The SMILES string of the molecule is CC(CC(C)(C)c1ccccc1)NCc1cccc(Cl)c1. The average Bonchev–Trinajstić information content (AvgIpc) is 2.46. The summed E-state index contributed by atoms with van der Waals surface area (Å²) in [6, 6.07) is 19.2. The fraction of sp³-hybridized carbons (Fsp3) is 0.368. The Labute approximate surface area is 133 Å². The van der Waals surface area contributed by atoms with Crippen LogP contribution in [0, 0.1) is 0 Å². The zero-order valence-electron chi connectivity index (χ0n) is 13.1. The van der Waals surface area contributed by atoms with E-state index in [4.69, 9.17) is 11.6 Å². The van der Waals surface area contributed by atoms with Crippen LogP contribution < -0.4 is 5.32 Å². The third kappa shape index (κ3) is 4.87. The lowest BCUT2D eigenvalue weighted by Crippen LogP contribution is -2.32. The van der Waals surface area contributed by atoms with Crippen LogP contribution in [0.25, 0.3) is 0 Å². The van der Waals surface area contributed by atoms with Crippen molar-refractivity contribution >= 4 is 11.6 Å². The molecule has 0 aliphatic carbocycles. The Bertz CT molecular complexity index is 563. The average molecular weight is 302 g/mol. The third-order valence-electron chi connectivity index (χ3n) is 3.92. The Balaban J connectivity index is 1.91. The molecule has 1 atom stereocenters. The van der Waals surface area contributed by atoms with Crippen molar-refractivity contribution in [1.82, 2.24) is 5.32 Å². The number of rotatable bonds is 6. The molecule has 21 heavy (non-hydrogen) atoms. The Morgan fingerprint density at radius 2 is 1.76 bits per heavy atom. The Kier molecular flexibility index (Phi) is 5.44. The Morgan fingerprint density at radius 3 is 2.43 bits per heavy atom. The maximum absolute atomic E-state index is 6.02. The van der Waals surface area contributed by atoms with Gasteiger partial charge in [-0.3, -0.25) is 0 Å². The van der Waals surface area contributed by atoms with Crippen LogP contribution >= 0.6 is 11.6 Å². The minimum Gasteiger partial charge on any atom is -0.310 e. The molecule has 112 valence electrons. The largest absolute Gasteiger partial charge is 0.310 e. The van der Waals surface area contributed by atoms with Gasteiger partial charge < -0.3 is 5.32 Å². The molecule has 0 saturated heterocycles. The van der Waals surface area contributed by atoms with Gasteiger partial charge in [-0.15, -0.1) is 0 Å². The maximum atomic E-state index is 6.02. The van der Waals surface area contributed by atoms with Crippen LogP contribution in [0.2, 0.25) is 5.02 Å². The molecule has 2 aromatic carbocycles. The number of nitrogens with one attached hydrogen (secondary N) is 1. The molecular weight excluding hydrogens is 278 g/mol. The number of halogens is 1. The first-order chi connectivity index (χ1) is 9.97. The van der Waals surface area contributed by atoms with E-state index in [2.05, 4.69) is 62.5 Å². The van der Waals surface area contributed by atoms with E-state index in [1.807, 2.05) is 18.2 Å². The highest BCUT2D eigenvalue weighted by molar-refractivity contribution is 6.30. The van der Waals surface area contributed by atoms with Gasteiger partial charge in [0.2, 0.25) is 0 Å². The summed E-state index contributed by atoms with van der Waals surface area (Å²) in [5.41, 5.74) is 2.79. The van der Waals surface area contributed by atoms with E-state index < -0.39 is 0 Å². The predicted octanol–water partition coefficient (Wildman–Crippen LogP) is 5.19. The van der Waals surface area contributed by atoms with Gasteiger partial charge >= 0.3 is 0 Å². The summed E-state index contributed by atoms with van der Waals surface area (Å²) in [6.45, 7) is 7.71. The second-order valence-electron chi connectivity index (χ2n) is 6.37. The number of hydrogen-bond donors (Lipinski definition) is 1. The molecule has 2 aromatic rings. The first-order valence-corrected chi connectivity index (χ1v) is 7.88. The molecule has 0 saturated carbocycles. The lowest BCUT2D eigenvalue weighted by Gasteiger charge is -2.29. The van der Waals surface area contributed by atoms with Gasteiger partial charge in [-0.2, -0.15) is 0 Å². The second-order valence-corrected chi connectivity index (χ2v) is 6.80. The minimum atomic E-state index is 0.169. The lowest BCUT2D eigenvalue weighted by molar-refractivity contribution is 0.388. The van der Waals surface area contributed by atoms with Crippen molar-refractivity contribution in [3.8, 4) is 0 Å². The Hall–Kier alpha value is -1.31. The molecule has 0 aliphatic heterocycles. The molecule has 1 N–H and O–H groups in total. The van der Waals surface area contributed by atoms with Crippen molar-refractivity contribution in [2.75, 3.05) is 0 Å². The van der Waals surface area contributed by atoms with Crippen LogP contribution in [0.4, 0.5) is 0 Å². The fourth-order valence-electron chi connectivity index (χ4n) is 2.78. The lowest BCUT2D eigenvalue weighted by atomic mass is 9.79. The minimum absolute atomic E-state index is 0.169. The van der Waals surface area contributed by atoms with Crippen LogP contribution in [0.1, 0.15) is 38.3 Å². The second kappa shape index (κ2) is 7.11. The first kappa shape index (κ1) is 16.1. The first-order valence-electron chi connectivity index (χ1n) is 7.51. The van der Waals surface area contributed by atoms with Gasteiger partial charge in [-0.05, 0) is 42.0 Å². The molecule has 0 aliphatic rings. The molecular formula is C19H24ClN. The van der Waals surface area contributed by atoms with Gasteiger partial charge in [-0.25, -0.2) is 0 Å². The van der Waals surface area contributed by atoms with Gasteiger partial charge in [0.15, 0.2) is 0 Å². The molecule has 0 bridgehead atoms. The standard InChI is InChI=1S/C19H24ClN/c1-15(21-14-16-8-7-11-18(20)12-16)13-19(2,3)17-9-5-4-6-10-17/h4-12,15,21H,13-14H2,1-3H3. The zero-order valence-corrected chi connectivity index (χ0v) is 13.8. The fourth-order valence-corrected chi connectivity index (χ4v) is 3.00. The van der Waals surface area contributed by atoms with Crippen molar-refractivity contribution in [1.29, 1.82) is 0 Å². The predicted molar refractivity (Wildman–Crippen MR) is 91.8 cm³/mol. The number of benzene rings is 2. The molecule has 2 heteroatoms. The van der Waals surface area contributed by atoms with Crippen molar-refractivity contribution in [2.45, 2.75) is 45.2 Å². The topological polar surface area (TPSA) is 12.0 Å². The summed E-state index contributed by atoms with van der Waals surface area (Å²) >= 11 is 6.02. The summed E-state index contributed by atoms with van der Waals surface area (Å²) in [7, 11) is 0. The van der Waals surface area contributed by atoms with Crippen LogP contribution in [0.3, 0.4) is 0 Å². The van der Waals surface area contributed by atoms with Crippen LogP contribution in [0.15, 0.2) is 54.6 Å². The van der Waals surface area contributed by atoms with E-state index in [1.165, 1.54) is 11.1 Å². The molecule has 0 heterocycles. The summed E-state index contributed by atoms with van der Waals surface area (Å²) in [6.07, 6.45) is 1.09. The van der Waals surface area contributed by atoms with Gasteiger partial charge in [0.25, 0.3) is 0 Å². The molecule has 1 nitrogen and oxygen atoms in total. The van der Waals surface area contributed by atoms with Gasteiger partial charge in [0.05, 0.1) is 0 Å². The van der Waals surface area contributed by atoms with Crippen molar-refractivity contribution in [3.05, 3.63) is 70.7 Å². The van der Waals surface area contributed by atoms with E-state index in [0.29, 0.717) is 6.04 Å².